The quantitative estimate of drug-likeness (QED) is 0.338. The minimum Gasteiger partial charge on any atom is -0.545 e. The minimum absolute atomic E-state index is 0. The van der Waals surface area contributed by atoms with E-state index in [0.29, 0.717) is 17.9 Å². The molecule has 0 aliphatic carbocycles. The first-order valence-corrected chi connectivity index (χ1v) is 8.25. The van der Waals surface area contributed by atoms with Crippen LogP contribution in [0.2, 0.25) is 0 Å². The number of aromatic hydroxyl groups is 1. The van der Waals surface area contributed by atoms with E-state index in [1.165, 1.54) is 22.9 Å². The van der Waals surface area contributed by atoms with Crippen LogP contribution in [0.25, 0.3) is 11.4 Å². The van der Waals surface area contributed by atoms with E-state index >= 15 is 0 Å². The standard InChI is InChI=1S/C18H18N4O5.K/c1-2-22-9-12(15(16(22)19)18(25)26)13(24)7-8-14-20-17(21-27-14)10-3-5-11(23)6-4-10;/h3-6,9,23H,2,7-8,19H2,1H3,(H,25,26);/q;+1/p-1. The summed E-state index contributed by atoms with van der Waals surface area (Å²) in [6.45, 7) is 2.21. The van der Waals surface area contributed by atoms with Gasteiger partial charge in [-0.1, -0.05) is 5.16 Å². The SMILES string of the molecule is CCn1cc(C(=O)CCc2nc(-c3ccc(O)cc3)no2)c(C(=O)[O-])c1N.[K+]. The van der Waals surface area contributed by atoms with E-state index in [1.807, 2.05) is 0 Å². The molecule has 2 heterocycles. The number of Topliss-reactive ketones (excluding diaryl/α,β-unsaturated/α-hetero) is 1. The van der Waals surface area contributed by atoms with Crippen LogP contribution in [0, 0.1) is 0 Å². The Morgan fingerprint density at radius 3 is 2.57 bits per heavy atom. The van der Waals surface area contributed by atoms with Crippen molar-refractivity contribution in [2.75, 3.05) is 5.73 Å². The average molecular weight is 408 g/mol. The molecule has 3 N–H and O–H groups in total. The number of carbonyl (C=O) groups excluding carboxylic acids is 2. The van der Waals surface area contributed by atoms with Crippen LogP contribution in [-0.2, 0) is 13.0 Å². The van der Waals surface area contributed by atoms with E-state index in [0.717, 1.165) is 0 Å². The molecule has 0 spiro atoms. The second kappa shape index (κ2) is 9.48. The second-order valence-corrected chi connectivity index (χ2v) is 5.86. The molecule has 1 aromatic carbocycles. The number of carbonyl (C=O) groups is 2. The number of nitrogen functional groups attached to an aromatic ring is 1. The van der Waals surface area contributed by atoms with Crippen molar-refractivity contribution in [3.05, 3.63) is 47.5 Å². The first-order valence-electron chi connectivity index (χ1n) is 8.25. The van der Waals surface area contributed by atoms with Gasteiger partial charge in [0, 0.05) is 42.3 Å². The summed E-state index contributed by atoms with van der Waals surface area (Å²) in [5, 5.41) is 24.5. The van der Waals surface area contributed by atoms with E-state index in [1.54, 1.807) is 19.1 Å². The maximum atomic E-state index is 12.5. The first kappa shape index (κ1) is 22.3. The van der Waals surface area contributed by atoms with Crippen molar-refractivity contribution in [2.24, 2.45) is 0 Å². The maximum absolute atomic E-state index is 12.5. The van der Waals surface area contributed by atoms with Gasteiger partial charge in [-0.2, -0.15) is 4.98 Å². The van der Waals surface area contributed by atoms with Crippen molar-refractivity contribution in [2.45, 2.75) is 26.3 Å². The van der Waals surface area contributed by atoms with Crippen molar-refractivity contribution in [1.82, 2.24) is 14.7 Å². The summed E-state index contributed by atoms with van der Waals surface area (Å²) in [6, 6.07) is 6.27. The summed E-state index contributed by atoms with van der Waals surface area (Å²) in [7, 11) is 0. The number of phenolic OH excluding ortho intramolecular Hbond substituents is 1. The Bertz CT molecular complexity index is 994. The molecular formula is C18H17KN4O5. The number of nitrogens with zero attached hydrogens (tertiary/aromatic N) is 3. The Labute approximate surface area is 203 Å². The summed E-state index contributed by atoms with van der Waals surface area (Å²) < 4.78 is 6.61. The number of aromatic nitrogens is 3. The zero-order chi connectivity index (χ0) is 19.6. The van der Waals surface area contributed by atoms with Gasteiger partial charge in [-0.15, -0.1) is 0 Å². The van der Waals surface area contributed by atoms with Crippen molar-refractivity contribution in [1.29, 1.82) is 0 Å². The zero-order valence-corrected chi connectivity index (χ0v) is 18.6. The number of hydrogen-bond donors (Lipinski definition) is 2. The fourth-order valence-corrected chi connectivity index (χ4v) is 2.70. The fraction of sp³-hybridized carbons (Fsp3) is 0.222. The molecule has 0 radical (unpaired) electrons. The molecule has 28 heavy (non-hydrogen) atoms. The summed E-state index contributed by atoms with van der Waals surface area (Å²) in [5.74, 6) is -1.21. The number of anilines is 1. The van der Waals surface area contributed by atoms with Gasteiger partial charge in [-0.25, -0.2) is 0 Å². The first-order chi connectivity index (χ1) is 12.9. The Hall–Kier alpha value is -1.98. The number of ketones is 1. The average Bonchev–Trinajstić information content (AvgIpc) is 3.24. The molecule has 10 heteroatoms. The number of carboxylic acid groups (broad SMARTS) is 1. The monoisotopic (exact) mass is 408 g/mol. The normalized spacial score (nSPS) is 10.5. The maximum Gasteiger partial charge on any atom is 1.00 e. The van der Waals surface area contributed by atoms with Crippen LogP contribution in [0.15, 0.2) is 35.0 Å². The van der Waals surface area contributed by atoms with Crippen LogP contribution in [0.5, 0.6) is 5.75 Å². The van der Waals surface area contributed by atoms with Crippen LogP contribution in [-0.4, -0.2) is 31.6 Å². The Morgan fingerprint density at radius 1 is 1.29 bits per heavy atom. The summed E-state index contributed by atoms with van der Waals surface area (Å²) in [5.41, 5.74) is 6.14. The molecule has 0 saturated carbocycles. The Kier molecular flexibility index (Phi) is 7.55. The van der Waals surface area contributed by atoms with Gasteiger partial charge in [0.2, 0.25) is 11.7 Å². The van der Waals surface area contributed by atoms with Gasteiger partial charge < -0.3 is 29.8 Å². The van der Waals surface area contributed by atoms with E-state index in [2.05, 4.69) is 10.1 Å². The molecule has 3 aromatic rings. The van der Waals surface area contributed by atoms with E-state index in [-0.39, 0.29) is 92.8 Å². The van der Waals surface area contributed by atoms with Gasteiger partial charge in [0.15, 0.2) is 5.78 Å². The molecule has 0 saturated heterocycles. The van der Waals surface area contributed by atoms with Gasteiger partial charge in [0.1, 0.15) is 11.6 Å². The number of aryl methyl sites for hydroxylation is 2. The van der Waals surface area contributed by atoms with Gasteiger partial charge in [0.05, 0.1) is 5.97 Å². The number of rotatable bonds is 7. The van der Waals surface area contributed by atoms with Crippen molar-refractivity contribution < 1.29 is 75.7 Å². The van der Waals surface area contributed by atoms with E-state index < -0.39 is 11.8 Å². The van der Waals surface area contributed by atoms with Crippen LogP contribution in [0.4, 0.5) is 5.82 Å². The molecule has 0 unspecified atom stereocenters. The third kappa shape index (κ3) is 4.70. The van der Waals surface area contributed by atoms with Crippen molar-refractivity contribution >= 4 is 17.6 Å². The third-order valence-corrected chi connectivity index (χ3v) is 4.12. The van der Waals surface area contributed by atoms with Crippen LogP contribution >= 0.6 is 0 Å². The Balaban J connectivity index is 0.00000280. The Morgan fingerprint density at radius 2 is 1.96 bits per heavy atom. The summed E-state index contributed by atoms with van der Waals surface area (Å²) in [6.07, 6.45) is 1.54. The largest absolute Gasteiger partial charge is 1.00 e. The number of carboxylic acids is 1. The molecule has 0 bridgehead atoms. The van der Waals surface area contributed by atoms with Gasteiger partial charge in [0.25, 0.3) is 0 Å². The summed E-state index contributed by atoms with van der Waals surface area (Å²) in [4.78, 5) is 28.0. The van der Waals surface area contributed by atoms with E-state index in [4.69, 9.17) is 10.3 Å². The number of nitrogens with two attached hydrogens (primary N) is 1. The predicted octanol–water partition coefficient (Wildman–Crippen LogP) is -1.97. The molecule has 140 valence electrons. The van der Waals surface area contributed by atoms with Gasteiger partial charge >= 0.3 is 51.4 Å². The van der Waals surface area contributed by atoms with Gasteiger partial charge in [-0.05, 0) is 31.2 Å². The third-order valence-electron chi connectivity index (χ3n) is 4.12. The molecular weight excluding hydrogens is 391 g/mol. The number of hydrogen-bond acceptors (Lipinski definition) is 8. The molecule has 0 fully saturated rings. The van der Waals surface area contributed by atoms with E-state index in [9.17, 15) is 19.8 Å². The van der Waals surface area contributed by atoms with Crippen molar-refractivity contribution in [3.63, 3.8) is 0 Å². The molecule has 0 aliphatic heterocycles. The second-order valence-electron chi connectivity index (χ2n) is 5.86. The zero-order valence-electron chi connectivity index (χ0n) is 15.5. The molecule has 0 amide bonds. The minimum atomic E-state index is -1.49. The van der Waals surface area contributed by atoms with Crippen molar-refractivity contribution in [3.8, 4) is 17.1 Å². The van der Waals surface area contributed by atoms with Gasteiger partial charge in [-0.3, -0.25) is 4.79 Å². The smallest absolute Gasteiger partial charge is 0.545 e. The molecule has 2 aromatic heterocycles. The van der Waals surface area contributed by atoms with Crippen LogP contribution in [0.3, 0.4) is 0 Å². The fourth-order valence-electron chi connectivity index (χ4n) is 2.70. The van der Waals surface area contributed by atoms with Crippen LogP contribution < -0.4 is 62.2 Å². The number of aromatic carboxylic acids is 1. The molecule has 0 aliphatic rings. The number of phenols is 1. The molecule has 9 nitrogen and oxygen atoms in total. The topological polar surface area (TPSA) is 147 Å². The van der Waals surface area contributed by atoms with Crippen LogP contribution in [0.1, 0.15) is 40.0 Å². The molecule has 0 atom stereocenters. The number of benzene rings is 1. The molecule has 3 rings (SSSR count). The predicted molar refractivity (Wildman–Crippen MR) is 92.9 cm³/mol. The summed E-state index contributed by atoms with van der Waals surface area (Å²) >= 11 is 0.